The molecular weight excluding hydrogens is 179 g/mol. The van der Waals surface area contributed by atoms with Gasteiger partial charge in [-0.3, -0.25) is 0 Å². The van der Waals surface area contributed by atoms with Crippen molar-refractivity contribution in [3.8, 4) is 11.5 Å². The fraction of sp³-hybridized carbons (Fsp3) is 0.125. The zero-order valence-corrected chi connectivity index (χ0v) is 6.74. The van der Waals surface area contributed by atoms with Crippen LogP contribution in [0, 0.1) is 5.82 Å². The molecule has 0 fully saturated rings. The third kappa shape index (κ3) is 1.53. The number of hydrogen-bond donors (Lipinski definition) is 2. The molecule has 1 aromatic rings. The highest BCUT2D eigenvalue weighted by atomic mass is 19.1. The molecule has 0 aliphatic heterocycles. The van der Waals surface area contributed by atoms with Gasteiger partial charge in [0.1, 0.15) is 0 Å². The first-order valence-corrected chi connectivity index (χ1v) is 3.36. The van der Waals surface area contributed by atoms with Crippen LogP contribution in [0.4, 0.5) is 4.39 Å². The largest absolute Gasteiger partial charge is 0.504 e. The van der Waals surface area contributed by atoms with Crippen molar-refractivity contribution in [2.45, 2.75) is 0 Å². The maximum atomic E-state index is 13.1. The third-order valence-corrected chi connectivity index (χ3v) is 1.51. The monoisotopic (exact) mass is 186 g/mol. The topological polar surface area (TPSA) is 66.8 Å². The number of ether oxygens (including phenoxy) is 1. The minimum absolute atomic E-state index is 0.426. The Labute approximate surface area is 73.2 Å². The molecule has 0 unspecified atom stereocenters. The van der Waals surface area contributed by atoms with Crippen LogP contribution in [0.2, 0.25) is 0 Å². The van der Waals surface area contributed by atoms with E-state index < -0.39 is 28.8 Å². The van der Waals surface area contributed by atoms with Crippen LogP contribution < -0.4 is 4.74 Å². The van der Waals surface area contributed by atoms with E-state index in [2.05, 4.69) is 4.74 Å². The molecule has 13 heavy (non-hydrogen) atoms. The Morgan fingerprint density at radius 2 is 2.15 bits per heavy atom. The minimum atomic E-state index is -1.41. The number of carboxylic acids is 1. The van der Waals surface area contributed by atoms with E-state index in [0.29, 0.717) is 0 Å². The number of phenols is 1. The molecule has 0 bridgehead atoms. The van der Waals surface area contributed by atoms with Crippen LogP contribution in [-0.4, -0.2) is 23.3 Å². The zero-order chi connectivity index (χ0) is 10.0. The molecular formula is C8H7FO4. The maximum absolute atomic E-state index is 13.1. The second-order valence-corrected chi connectivity index (χ2v) is 2.28. The molecule has 4 nitrogen and oxygen atoms in total. The quantitative estimate of drug-likeness (QED) is 0.729. The summed E-state index contributed by atoms with van der Waals surface area (Å²) in [5.41, 5.74) is -0.533. The van der Waals surface area contributed by atoms with Crippen molar-refractivity contribution in [3.05, 3.63) is 23.5 Å². The summed E-state index contributed by atoms with van der Waals surface area (Å²) in [6.45, 7) is 0. The second kappa shape index (κ2) is 3.30. The minimum Gasteiger partial charge on any atom is -0.504 e. The van der Waals surface area contributed by atoms with Crippen LogP contribution in [0.25, 0.3) is 0 Å². The van der Waals surface area contributed by atoms with Crippen LogP contribution in [0.15, 0.2) is 12.1 Å². The third-order valence-electron chi connectivity index (χ3n) is 1.51. The Morgan fingerprint density at radius 1 is 1.54 bits per heavy atom. The van der Waals surface area contributed by atoms with E-state index in [4.69, 9.17) is 10.2 Å². The normalized spacial score (nSPS) is 9.69. The van der Waals surface area contributed by atoms with E-state index in [9.17, 15) is 9.18 Å². The molecule has 0 aromatic heterocycles. The molecule has 5 heteroatoms. The summed E-state index contributed by atoms with van der Waals surface area (Å²) in [6.07, 6.45) is 0. The highest BCUT2D eigenvalue weighted by Crippen LogP contribution is 2.30. The fourth-order valence-electron chi connectivity index (χ4n) is 0.905. The lowest BCUT2D eigenvalue weighted by Gasteiger charge is -2.05. The first-order chi connectivity index (χ1) is 6.07. The Kier molecular flexibility index (Phi) is 2.36. The van der Waals surface area contributed by atoms with Gasteiger partial charge in [0.15, 0.2) is 17.3 Å². The molecule has 0 amide bonds. The summed E-state index contributed by atoms with van der Waals surface area (Å²) in [4.78, 5) is 10.4. The summed E-state index contributed by atoms with van der Waals surface area (Å²) in [6, 6.07) is 2.03. The van der Waals surface area contributed by atoms with Crippen LogP contribution in [0.3, 0.4) is 0 Å². The molecule has 0 saturated heterocycles. The number of carbonyl (C=O) groups is 1. The standard InChI is InChI=1S/C8H7FO4/c1-13-7-5(10)3-2-4(6(7)9)8(11)12/h2-3,10H,1H3,(H,11,12). The Bertz CT molecular complexity index is 348. The molecule has 70 valence electrons. The van der Waals surface area contributed by atoms with Crippen molar-refractivity contribution >= 4 is 5.97 Å². The van der Waals surface area contributed by atoms with E-state index in [1.54, 1.807) is 0 Å². The van der Waals surface area contributed by atoms with Gasteiger partial charge in [-0.05, 0) is 12.1 Å². The van der Waals surface area contributed by atoms with Gasteiger partial charge in [0.25, 0.3) is 0 Å². The van der Waals surface area contributed by atoms with Crippen LogP contribution in [-0.2, 0) is 0 Å². The number of rotatable bonds is 2. The van der Waals surface area contributed by atoms with Gasteiger partial charge >= 0.3 is 5.97 Å². The van der Waals surface area contributed by atoms with Crippen molar-refractivity contribution < 1.29 is 24.1 Å². The second-order valence-electron chi connectivity index (χ2n) is 2.28. The molecule has 0 radical (unpaired) electrons. The average molecular weight is 186 g/mol. The lowest BCUT2D eigenvalue weighted by atomic mass is 10.2. The number of halogens is 1. The van der Waals surface area contributed by atoms with Gasteiger partial charge in [0.2, 0.25) is 0 Å². The lowest BCUT2D eigenvalue weighted by Crippen LogP contribution is -2.02. The van der Waals surface area contributed by atoms with Crippen molar-refractivity contribution in [2.75, 3.05) is 7.11 Å². The van der Waals surface area contributed by atoms with Gasteiger partial charge in [-0.15, -0.1) is 0 Å². The Morgan fingerprint density at radius 3 is 2.62 bits per heavy atom. The SMILES string of the molecule is COc1c(O)ccc(C(=O)O)c1F. The summed E-state index contributed by atoms with van der Waals surface area (Å²) >= 11 is 0. The number of aromatic carboxylic acids is 1. The van der Waals surface area contributed by atoms with Crippen molar-refractivity contribution in [3.63, 3.8) is 0 Å². The predicted octanol–water partition coefficient (Wildman–Crippen LogP) is 1.24. The van der Waals surface area contributed by atoms with E-state index in [1.165, 1.54) is 0 Å². The van der Waals surface area contributed by atoms with Gasteiger partial charge in [-0.1, -0.05) is 0 Å². The smallest absolute Gasteiger partial charge is 0.338 e. The molecule has 0 heterocycles. The molecule has 1 rings (SSSR count). The summed E-state index contributed by atoms with van der Waals surface area (Å²) < 4.78 is 17.6. The van der Waals surface area contributed by atoms with Crippen molar-refractivity contribution in [2.24, 2.45) is 0 Å². The lowest BCUT2D eigenvalue weighted by molar-refractivity contribution is 0.0691. The van der Waals surface area contributed by atoms with Crippen LogP contribution in [0.5, 0.6) is 11.5 Å². The summed E-state index contributed by atoms with van der Waals surface area (Å²) in [7, 11) is 1.14. The number of aromatic hydroxyl groups is 1. The predicted molar refractivity (Wildman–Crippen MR) is 41.6 cm³/mol. The molecule has 0 aliphatic carbocycles. The van der Waals surface area contributed by atoms with Crippen LogP contribution >= 0.6 is 0 Å². The highest BCUT2D eigenvalue weighted by molar-refractivity contribution is 5.88. The van der Waals surface area contributed by atoms with Gasteiger partial charge in [-0.2, -0.15) is 0 Å². The number of carboxylic acid groups (broad SMARTS) is 1. The van der Waals surface area contributed by atoms with Crippen molar-refractivity contribution in [1.29, 1.82) is 0 Å². The number of methoxy groups -OCH3 is 1. The molecule has 0 saturated carbocycles. The van der Waals surface area contributed by atoms with Gasteiger partial charge < -0.3 is 14.9 Å². The van der Waals surface area contributed by atoms with E-state index in [-0.39, 0.29) is 0 Å². The average Bonchev–Trinajstić information content (AvgIpc) is 2.04. The zero-order valence-electron chi connectivity index (χ0n) is 6.74. The Hall–Kier alpha value is -1.78. The maximum Gasteiger partial charge on any atom is 0.338 e. The molecule has 1 aromatic carbocycles. The number of benzene rings is 1. The van der Waals surface area contributed by atoms with E-state index >= 15 is 0 Å². The molecule has 2 N–H and O–H groups in total. The number of hydrogen-bond acceptors (Lipinski definition) is 3. The summed E-state index contributed by atoms with van der Waals surface area (Å²) in [5.74, 6) is -3.37. The van der Waals surface area contributed by atoms with E-state index in [0.717, 1.165) is 19.2 Å². The van der Waals surface area contributed by atoms with Gasteiger partial charge in [0.05, 0.1) is 12.7 Å². The molecule has 0 spiro atoms. The number of phenolic OH excluding ortho intramolecular Hbond substituents is 1. The Balaban J connectivity index is 3.35. The van der Waals surface area contributed by atoms with E-state index in [1.807, 2.05) is 0 Å². The fourth-order valence-corrected chi connectivity index (χ4v) is 0.905. The summed E-state index contributed by atoms with van der Waals surface area (Å²) in [5, 5.41) is 17.5. The highest BCUT2D eigenvalue weighted by Gasteiger charge is 2.17. The molecule has 0 atom stereocenters. The molecule has 0 aliphatic rings. The first kappa shape index (κ1) is 9.31. The van der Waals surface area contributed by atoms with Crippen LogP contribution in [0.1, 0.15) is 10.4 Å². The van der Waals surface area contributed by atoms with Crippen molar-refractivity contribution in [1.82, 2.24) is 0 Å². The first-order valence-electron chi connectivity index (χ1n) is 3.36. The van der Waals surface area contributed by atoms with Gasteiger partial charge in [0, 0.05) is 0 Å². The van der Waals surface area contributed by atoms with Gasteiger partial charge in [-0.25, -0.2) is 9.18 Å².